The molecule has 0 fully saturated rings. The molecule has 0 amide bonds. The lowest BCUT2D eigenvalue weighted by Crippen LogP contribution is -2.32. The number of hydrogen-bond acceptors (Lipinski definition) is 6. The topological polar surface area (TPSA) is 96.9 Å². The summed E-state index contributed by atoms with van der Waals surface area (Å²) in [5.74, 6) is -0.331. The van der Waals surface area contributed by atoms with Crippen molar-refractivity contribution in [2.45, 2.75) is 32.2 Å². The van der Waals surface area contributed by atoms with Gasteiger partial charge in [0.2, 0.25) is 0 Å². The van der Waals surface area contributed by atoms with Crippen LogP contribution in [0.4, 0.5) is 0 Å². The van der Waals surface area contributed by atoms with Crippen molar-refractivity contribution < 1.29 is 14.7 Å². The fraction of sp³-hybridized carbons (Fsp3) is 0.800. The number of nitrogens with two attached hydrogens (primary N) is 1. The van der Waals surface area contributed by atoms with Gasteiger partial charge in [-0.15, -0.1) is 5.16 Å². The monoisotopic (exact) mass is 231 g/mol. The van der Waals surface area contributed by atoms with Crippen LogP contribution < -0.4 is 11.1 Å². The lowest BCUT2D eigenvalue weighted by molar-refractivity contribution is -0.144. The van der Waals surface area contributed by atoms with Crippen LogP contribution in [0, 0.1) is 0 Å². The number of ether oxygens (including phenoxy) is 1. The van der Waals surface area contributed by atoms with E-state index in [4.69, 9.17) is 15.7 Å². The van der Waals surface area contributed by atoms with Gasteiger partial charge >= 0.3 is 5.97 Å². The first-order valence-electron chi connectivity index (χ1n) is 5.51. The van der Waals surface area contributed by atoms with E-state index in [1.54, 1.807) is 6.92 Å². The molecule has 16 heavy (non-hydrogen) atoms. The molecule has 0 unspecified atom stereocenters. The predicted octanol–water partition coefficient (Wildman–Crippen LogP) is 0.0967. The summed E-state index contributed by atoms with van der Waals surface area (Å²) in [7, 11) is 0. The number of oxime groups is 1. The van der Waals surface area contributed by atoms with E-state index in [9.17, 15) is 4.79 Å². The predicted molar refractivity (Wildman–Crippen MR) is 61.6 cm³/mol. The Morgan fingerprint density at radius 2 is 2.38 bits per heavy atom. The molecule has 6 nitrogen and oxygen atoms in total. The van der Waals surface area contributed by atoms with E-state index < -0.39 is 6.04 Å². The highest BCUT2D eigenvalue weighted by atomic mass is 16.5. The fourth-order valence-corrected chi connectivity index (χ4v) is 1.19. The summed E-state index contributed by atoms with van der Waals surface area (Å²) in [6.45, 7) is 3.48. The largest absolute Gasteiger partial charge is 0.465 e. The first kappa shape index (κ1) is 14.9. The van der Waals surface area contributed by atoms with Crippen molar-refractivity contribution in [3.63, 3.8) is 0 Å². The lowest BCUT2D eigenvalue weighted by atomic mass is 10.1. The number of carbonyl (C=O) groups excluding carboxylic acids is 1. The number of carbonyl (C=O) groups is 1. The molecule has 6 heteroatoms. The summed E-state index contributed by atoms with van der Waals surface area (Å²) in [5.41, 5.74) is 5.62. The molecule has 0 bridgehead atoms. The van der Waals surface area contributed by atoms with E-state index >= 15 is 0 Å². The van der Waals surface area contributed by atoms with Gasteiger partial charge < -0.3 is 21.0 Å². The van der Waals surface area contributed by atoms with Gasteiger partial charge in [0.1, 0.15) is 6.04 Å². The van der Waals surface area contributed by atoms with Gasteiger partial charge in [-0.3, -0.25) is 4.79 Å². The standard InChI is InChI=1S/C10H21N3O3/c1-2-16-10(14)9(11)5-3-4-6-12-7-8-13-15/h8-9,12,15H,2-7,11H2,1H3/t9-/m0/s1. The summed E-state index contributed by atoms with van der Waals surface area (Å²) in [6, 6.07) is -0.515. The molecule has 0 aliphatic carbocycles. The molecule has 94 valence electrons. The Bertz CT molecular complexity index is 209. The molecule has 0 radical (unpaired) electrons. The minimum atomic E-state index is -0.515. The van der Waals surface area contributed by atoms with E-state index in [-0.39, 0.29) is 5.97 Å². The van der Waals surface area contributed by atoms with Crippen LogP contribution in [-0.4, -0.2) is 43.1 Å². The fourth-order valence-electron chi connectivity index (χ4n) is 1.19. The average Bonchev–Trinajstić information content (AvgIpc) is 2.28. The van der Waals surface area contributed by atoms with Crippen molar-refractivity contribution in [3.8, 4) is 0 Å². The number of esters is 1. The minimum absolute atomic E-state index is 0.331. The molecule has 0 aromatic heterocycles. The van der Waals surface area contributed by atoms with Crippen LogP contribution in [0.3, 0.4) is 0 Å². The van der Waals surface area contributed by atoms with E-state index in [0.717, 1.165) is 19.4 Å². The summed E-state index contributed by atoms with van der Waals surface area (Å²) < 4.78 is 4.79. The molecule has 0 aromatic rings. The lowest BCUT2D eigenvalue weighted by Gasteiger charge is -2.09. The molecule has 0 aromatic carbocycles. The molecule has 0 aliphatic heterocycles. The first-order valence-corrected chi connectivity index (χ1v) is 5.51. The second kappa shape index (κ2) is 10.4. The highest BCUT2D eigenvalue weighted by Gasteiger charge is 2.13. The highest BCUT2D eigenvalue weighted by molar-refractivity contribution is 5.75. The van der Waals surface area contributed by atoms with Crippen molar-refractivity contribution in [2.24, 2.45) is 10.9 Å². The van der Waals surface area contributed by atoms with Crippen molar-refractivity contribution >= 4 is 12.2 Å². The quantitative estimate of drug-likeness (QED) is 0.172. The molecular formula is C10H21N3O3. The summed E-state index contributed by atoms with van der Waals surface area (Å²) in [5, 5.41) is 14.0. The van der Waals surface area contributed by atoms with E-state index in [0.29, 0.717) is 19.6 Å². The Kier molecular flexibility index (Phi) is 9.64. The third-order valence-corrected chi connectivity index (χ3v) is 2.03. The molecule has 0 rings (SSSR count). The first-order chi connectivity index (χ1) is 7.72. The third kappa shape index (κ3) is 8.19. The van der Waals surface area contributed by atoms with Crippen LogP contribution in [0.1, 0.15) is 26.2 Å². The zero-order chi connectivity index (χ0) is 12.2. The van der Waals surface area contributed by atoms with Gasteiger partial charge in [-0.1, -0.05) is 6.42 Å². The van der Waals surface area contributed by atoms with Gasteiger partial charge in [0.05, 0.1) is 12.8 Å². The Hall–Kier alpha value is -1.14. The maximum atomic E-state index is 11.1. The van der Waals surface area contributed by atoms with Crippen molar-refractivity contribution in [1.29, 1.82) is 0 Å². The second-order valence-electron chi connectivity index (χ2n) is 3.36. The van der Waals surface area contributed by atoms with Crippen LogP contribution >= 0.6 is 0 Å². The molecule has 0 spiro atoms. The number of nitrogens with zero attached hydrogens (tertiary/aromatic N) is 1. The zero-order valence-corrected chi connectivity index (χ0v) is 9.69. The van der Waals surface area contributed by atoms with Crippen molar-refractivity contribution in [3.05, 3.63) is 0 Å². The van der Waals surface area contributed by atoms with Gasteiger partial charge in [0, 0.05) is 6.54 Å². The van der Waals surface area contributed by atoms with Crippen molar-refractivity contribution in [2.75, 3.05) is 19.7 Å². The molecule has 4 N–H and O–H groups in total. The summed E-state index contributed by atoms with van der Waals surface area (Å²) >= 11 is 0. The van der Waals surface area contributed by atoms with Crippen LogP contribution in [0.5, 0.6) is 0 Å². The Labute approximate surface area is 95.8 Å². The average molecular weight is 231 g/mol. The summed E-state index contributed by atoms with van der Waals surface area (Å²) in [6.07, 6.45) is 3.80. The van der Waals surface area contributed by atoms with Gasteiger partial charge in [-0.25, -0.2) is 0 Å². The molecule has 0 saturated carbocycles. The number of unbranched alkanes of at least 4 members (excludes halogenated alkanes) is 1. The van der Waals surface area contributed by atoms with Crippen LogP contribution in [0.15, 0.2) is 5.16 Å². The third-order valence-electron chi connectivity index (χ3n) is 2.03. The molecule has 1 atom stereocenters. The normalized spacial score (nSPS) is 12.9. The van der Waals surface area contributed by atoms with Crippen LogP contribution in [0.2, 0.25) is 0 Å². The molecule has 0 saturated heterocycles. The van der Waals surface area contributed by atoms with Gasteiger partial charge in [0.15, 0.2) is 0 Å². The molecular weight excluding hydrogens is 210 g/mol. The van der Waals surface area contributed by atoms with Crippen LogP contribution in [-0.2, 0) is 9.53 Å². The molecule has 0 aliphatic rings. The second-order valence-corrected chi connectivity index (χ2v) is 3.36. The summed E-state index contributed by atoms with van der Waals surface area (Å²) in [4.78, 5) is 11.1. The Morgan fingerprint density at radius 1 is 1.62 bits per heavy atom. The number of nitrogens with one attached hydrogen (secondary N) is 1. The van der Waals surface area contributed by atoms with Gasteiger partial charge in [-0.05, 0) is 26.3 Å². The van der Waals surface area contributed by atoms with Crippen LogP contribution in [0.25, 0.3) is 0 Å². The van der Waals surface area contributed by atoms with E-state index in [1.165, 1.54) is 6.21 Å². The maximum absolute atomic E-state index is 11.1. The number of rotatable bonds is 9. The van der Waals surface area contributed by atoms with E-state index in [1.807, 2.05) is 0 Å². The minimum Gasteiger partial charge on any atom is -0.465 e. The van der Waals surface area contributed by atoms with Gasteiger partial charge in [-0.2, -0.15) is 0 Å². The zero-order valence-electron chi connectivity index (χ0n) is 9.69. The maximum Gasteiger partial charge on any atom is 0.322 e. The SMILES string of the molecule is CCOC(=O)[C@@H](N)CCCCNCC=NO. The highest BCUT2D eigenvalue weighted by Crippen LogP contribution is 2.00. The van der Waals surface area contributed by atoms with Crippen molar-refractivity contribution in [1.82, 2.24) is 5.32 Å². The Morgan fingerprint density at radius 3 is 3.00 bits per heavy atom. The van der Waals surface area contributed by atoms with E-state index in [2.05, 4.69) is 10.5 Å². The smallest absolute Gasteiger partial charge is 0.322 e. The molecule has 0 heterocycles. The Balaban J connectivity index is 3.33. The van der Waals surface area contributed by atoms with Gasteiger partial charge in [0.25, 0.3) is 0 Å². The number of hydrogen-bond donors (Lipinski definition) is 3.